The summed E-state index contributed by atoms with van der Waals surface area (Å²) in [5.41, 5.74) is 0.940. The summed E-state index contributed by atoms with van der Waals surface area (Å²) in [4.78, 5) is 0. The maximum Gasteiger partial charge on any atom is 0.0618 e. The van der Waals surface area contributed by atoms with Gasteiger partial charge in [0.15, 0.2) is 0 Å². The third-order valence-corrected chi connectivity index (χ3v) is 0.632. The second-order valence-corrected chi connectivity index (χ2v) is 2.00. The lowest BCUT2D eigenvalue weighted by molar-refractivity contribution is 0.839. The van der Waals surface area contributed by atoms with E-state index in [0.29, 0.717) is 0 Å². The fraction of sp³-hybridized carbons (Fsp3) is 0.833. The van der Waals surface area contributed by atoms with E-state index in [4.69, 9.17) is 0 Å². The first-order valence-corrected chi connectivity index (χ1v) is 3.15. The summed E-state index contributed by atoms with van der Waals surface area (Å²) in [6, 6.07) is 0. The van der Waals surface area contributed by atoms with E-state index in [2.05, 4.69) is 22.4 Å². The van der Waals surface area contributed by atoms with Gasteiger partial charge in [-0.1, -0.05) is 6.92 Å². The predicted octanol–water partition coefficient (Wildman–Crippen LogP) is 2.24. The smallest absolute Gasteiger partial charge is 0.0618 e. The minimum absolute atomic E-state index is 0.775. The lowest BCUT2D eigenvalue weighted by Crippen LogP contribution is -1.76. The van der Waals surface area contributed by atoms with Gasteiger partial charge in [-0.25, -0.2) is 0 Å². The normalized spacial score (nSPS) is 10.1. The quantitative estimate of drug-likeness (QED) is 0.317. The van der Waals surface area contributed by atoms with Gasteiger partial charge in [0.25, 0.3) is 0 Å². The highest BCUT2D eigenvalue weighted by molar-refractivity contribution is 5.78. The van der Waals surface area contributed by atoms with Crippen LogP contribution in [-0.4, -0.2) is 12.3 Å². The van der Waals surface area contributed by atoms with Gasteiger partial charge >= 0.3 is 0 Å². The average Bonchev–Trinajstić information content (AvgIpc) is 1.80. The van der Waals surface area contributed by atoms with Crippen molar-refractivity contribution in [3.63, 3.8) is 0 Å². The maximum absolute atomic E-state index is 3.77. The van der Waals surface area contributed by atoms with Crippen molar-refractivity contribution < 1.29 is 0 Å². The van der Waals surface area contributed by atoms with Crippen LogP contribution in [0, 0.1) is 0 Å². The van der Waals surface area contributed by atoms with Crippen LogP contribution in [0.5, 0.6) is 0 Å². The number of hydrogen-bond acceptors (Lipinski definition) is 2. The fourth-order valence-electron chi connectivity index (χ4n) is 0.266. The van der Waals surface area contributed by atoms with Crippen LogP contribution < -0.4 is 0 Å². The first-order chi connectivity index (χ1) is 4.27. The molecule has 0 heterocycles. The lowest BCUT2D eigenvalue weighted by Gasteiger charge is -1.81. The number of hydrogen-bond donors (Lipinski definition) is 0. The molecule has 0 aliphatic carbocycles. The van der Waals surface area contributed by atoms with Crippen LogP contribution in [0.3, 0.4) is 0 Å². The van der Waals surface area contributed by atoms with E-state index >= 15 is 0 Å². The van der Waals surface area contributed by atoms with Crippen LogP contribution in [0.1, 0.15) is 27.2 Å². The second kappa shape index (κ2) is 5.41. The molecule has 52 valence electrons. The maximum atomic E-state index is 3.77. The van der Waals surface area contributed by atoms with Crippen molar-refractivity contribution in [2.45, 2.75) is 27.2 Å². The third-order valence-electron chi connectivity index (χ3n) is 0.632. The van der Waals surface area contributed by atoms with Gasteiger partial charge in [0.05, 0.1) is 6.54 Å². The average molecular weight is 127 g/mol. The van der Waals surface area contributed by atoms with E-state index in [1.807, 2.05) is 13.8 Å². The Kier molecular flexibility index (Phi) is 4.97. The topological polar surface area (TPSA) is 37.1 Å². The zero-order valence-electron chi connectivity index (χ0n) is 6.26. The molecular formula is C6H13N3. The third kappa shape index (κ3) is 7.27. The van der Waals surface area contributed by atoms with Crippen molar-refractivity contribution >= 4 is 5.71 Å². The Morgan fingerprint density at radius 3 is 2.44 bits per heavy atom. The standard InChI is InChI=1S/C6H13N3/c1-4-5-7-9-8-6(2)3/h4-5H2,1-3H3. The highest BCUT2D eigenvalue weighted by atomic mass is 15.4. The van der Waals surface area contributed by atoms with E-state index in [9.17, 15) is 0 Å². The van der Waals surface area contributed by atoms with Gasteiger partial charge in [-0.15, -0.1) is 5.10 Å². The molecule has 3 heteroatoms. The Morgan fingerprint density at radius 1 is 1.33 bits per heavy atom. The highest BCUT2D eigenvalue weighted by Crippen LogP contribution is 1.82. The summed E-state index contributed by atoms with van der Waals surface area (Å²) in [5, 5.41) is 11.1. The molecule has 0 fully saturated rings. The van der Waals surface area contributed by atoms with Gasteiger partial charge in [0.1, 0.15) is 0 Å². The summed E-state index contributed by atoms with van der Waals surface area (Å²) < 4.78 is 0. The van der Waals surface area contributed by atoms with Crippen LogP contribution in [-0.2, 0) is 0 Å². The van der Waals surface area contributed by atoms with Gasteiger partial charge in [-0.3, -0.25) is 0 Å². The molecule has 0 bridgehead atoms. The lowest BCUT2D eigenvalue weighted by atomic mass is 10.5. The Labute approximate surface area is 55.9 Å². The van der Waals surface area contributed by atoms with Gasteiger partial charge < -0.3 is 0 Å². The molecule has 0 atom stereocenters. The molecule has 3 nitrogen and oxygen atoms in total. The highest BCUT2D eigenvalue weighted by Gasteiger charge is 1.73. The largest absolute Gasteiger partial charge is 0.169 e. The zero-order valence-corrected chi connectivity index (χ0v) is 6.26. The number of nitrogens with zero attached hydrogens (tertiary/aromatic N) is 3. The molecule has 0 radical (unpaired) electrons. The van der Waals surface area contributed by atoms with Crippen LogP contribution in [0.15, 0.2) is 15.4 Å². The fourth-order valence-corrected chi connectivity index (χ4v) is 0.266. The van der Waals surface area contributed by atoms with Gasteiger partial charge in [-0.05, 0) is 25.5 Å². The molecule has 0 aromatic carbocycles. The van der Waals surface area contributed by atoms with Crippen molar-refractivity contribution in [3.05, 3.63) is 0 Å². The molecule has 0 aliphatic heterocycles. The molecule has 0 spiro atoms. The Bertz CT molecular complexity index is 111. The summed E-state index contributed by atoms with van der Waals surface area (Å²) >= 11 is 0. The van der Waals surface area contributed by atoms with Crippen molar-refractivity contribution in [3.8, 4) is 0 Å². The number of rotatable bonds is 3. The Balaban J connectivity index is 3.35. The molecule has 0 saturated heterocycles. The molecule has 0 rings (SSSR count). The molecule has 0 unspecified atom stereocenters. The van der Waals surface area contributed by atoms with Crippen LogP contribution in [0.2, 0.25) is 0 Å². The van der Waals surface area contributed by atoms with E-state index < -0.39 is 0 Å². The second-order valence-electron chi connectivity index (χ2n) is 2.00. The first kappa shape index (κ1) is 8.27. The molecule has 0 saturated carbocycles. The Morgan fingerprint density at radius 2 is 2.00 bits per heavy atom. The van der Waals surface area contributed by atoms with Gasteiger partial charge in [0.2, 0.25) is 0 Å². The minimum atomic E-state index is 0.775. The Hall–Kier alpha value is -0.730. The monoisotopic (exact) mass is 127 g/mol. The van der Waals surface area contributed by atoms with E-state index in [1.165, 1.54) is 0 Å². The van der Waals surface area contributed by atoms with Crippen molar-refractivity contribution in [2.75, 3.05) is 6.54 Å². The van der Waals surface area contributed by atoms with Crippen molar-refractivity contribution in [1.82, 2.24) is 0 Å². The van der Waals surface area contributed by atoms with Crippen LogP contribution in [0.25, 0.3) is 0 Å². The summed E-state index contributed by atoms with van der Waals surface area (Å²) in [6.45, 7) is 6.62. The summed E-state index contributed by atoms with van der Waals surface area (Å²) in [5.74, 6) is 0. The van der Waals surface area contributed by atoms with E-state index in [-0.39, 0.29) is 0 Å². The summed E-state index contributed by atoms with van der Waals surface area (Å²) in [7, 11) is 0. The zero-order chi connectivity index (χ0) is 7.11. The van der Waals surface area contributed by atoms with E-state index in [1.54, 1.807) is 0 Å². The molecule has 0 amide bonds. The molecular weight excluding hydrogens is 114 g/mol. The molecule has 9 heavy (non-hydrogen) atoms. The molecule has 0 aromatic heterocycles. The molecule has 0 aliphatic rings. The van der Waals surface area contributed by atoms with Gasteiger partial charge in [0, 0.05) is 5.71 Å². The summed E-state index contributed by atoms with van der Waals surface area (Å²) in [6.07, 6.45) is 1.03. The van der Waals surface area contributed by atoms with Crippen molar-refractivity contribution in [2.24, 2.45) is 15.4 Å². The first-order valence-electron chi connectivity index (χ1n) is 3.15. The van der Waals surface area contributed by atoms with Crippen LogP contribution >= 0.6 is 0 Å². The predicted molar refractivity (Wildman–Crippen MR) is 38.8 cm³/mol. The van der Waals surface area contributed by atoms with E-state index in [0.717, 1.165) is 18.7 Å². The van der Waals surface area contributed by atoms with Crippen molar-refractivity contribution in [1.29, 1.82) is 0 Å². The van der Waals surface area contributed by atoms with Gasteiger partial charge in [-0.2, -0.15) is 5.11 Å². The SMILES string of the molecule is CCCN=NN=C(C)C. The molecule has 0 aromatic rings. The molecule has 0 N–H and O–H groups in total. The van der Waals surface area contributed by atoms with Crippen LogP contribution in [0.4, 0.5) is 0 Å². The minimum Gasteiger partial charge on any atom is -0.169 e.